The molecule has 0 unspecified atom stereocenters. The number of rotatable bonds is 3. The molecule has 1 aliphatic rings. The molecule has 1 aliphatic heterocycles. The number of para-hydroxylation sites is 1. The second-order valence-electron chi connectivity index (χ2n) is 7.59. The van der Waals surface area contributed by atoms with Gasteiger partial charge < -0.3 is 15.1 Å². The molecule has 4 rings (SSSR count). The topological polar surface area (TPSA) is 48.5 Å². The van der Waals surface area contributed by atoms with Crippen molar-refractivity contribution in [3.8, 4) is 0 Å². The lowest BCUT2D eigenvalue weighted by atomic mass is 10.1. The molecule has 144 valence electrons. The maximum atomic E-state index is 13.3. The van der Waals surface area contributed by atoms with Gasteiger partial charge in [-0.1, -0.05) is 24.3 Å². The van der Waals surface area contributed by atoms with Crippen LogP contribution in [-0.2, 0) is 0 Å². The van der Waals surface area contributed by atoms with Crippen LogP contribution in [0.3, 0.4) is 0 Å². The normalized spacial score (nSPS) is 15.0. The van der Waals surface area contributed by atoms with E-state index in [0.717, 1.165) is 42.8 Å². The van der Waals surface area contributed by atoms with Crippen LogP contribution in [0.5, 0.6) is 0 Å². The molecule has 0 saturated carbocycles. The number of nitrogens with one attached hydrogen (secondary N) is 1. The Morgan fingerprint density at radius 1 is 0.964 bits per heavy atom. The van der Waals surface area contributed by atoms with Crippen molar-refractivity contribution in [3.05, 3.63) is 65.2 Å². The van der Waals surface area contributed by atoms with Gasteiger partial charge in [-0.3, -0.25) is 4.79 Å². The number of anilines is 2. The van der Waals surface area contributed by atoms with E-state index in [2.05, 4.69) is 43.2 Å². The summed E-state index contributed by atoms with van der Waals surface area (Å²) in [4.78, 5) is 22.2. The van der Waals surface area contributed by atoms with Crippen molar-refractivity contribution in [2.75, 3.05) is 38.5 Å². The zero-order valence-corrected chi connectivity index (χ0v) is 16.7. The first-order valence-electron chi connectivity index (χ1n) is 9.73. The first-order chi connectivity index (χ1) is 13.5. The van der Waals surface area contributed by atoms with Crippen LogP contribution in [0.15, 0.2) is 48.5 Å². The van der Waals surface area contributed by atoms with Crippen LogP contribution >= 0.6 is 0 Å². The van der Waals surface area contributed by atoms with Crippen LogP contribution < -0.4 is 5.32 Å². The summed E-state index contributed by atoms with van der Waals surface area (Å²) in [5, 5.41) is 4.28. The van der Waals surface area contributed by atoms with Crippen molar-refractivity contribution in [2.45, 2.75) is 13.8 Å². The first-order valence-corrected chi connectivity index (χ1v) is 9.73. The van der Waals surface area contributed by atoms with Gasteiger partial charge in [0, 0.05) is 37.3 Å². The second kappa shape index (κ2) is 7.60. The molecule has 1 aromatic heterocycles. The summed E-state index contributed by atoms with van der Waals surface area (Å²) < 4.78 is 0. The Labute approximate surface area is 166 Å². The summed E-state index contributed by atoms with van der Waals surface area (Å²) in [6, 6.07) is 16.0. The van der Waals surface area contributed by atoms with Gasteiger partial charge in [-0.05, 0) is 56.3 Å². The lowest BCUT2D eigenvalue weighted by Crippen LogP contribution is -2.47. The van der Waals surface area contributed by atoms with E-state index in [4.69, 9.17) is 4.98 Å². The van der Waals surface area contributed by atoms with Gasteiger partial charge in [0.15, 0.2) is 0 Å². The van der Waals surface area contributed by atoms with Crippen molar-refractivity contribution < 1.29 is 4.79 Å². The van der Waals surface area contributed by atoms with Gasteiger partial charge >= 0.3 is 0 Å². The minimum absolute atomic E-state index is 0.0786. The third-order valence-electron chi connectivity index (χ3n) is 5.52. The quantitative estimate of drug-likeness (QED) is 0.753. The van der Waals surface area contributed by atoms with Gasteiger partial charge in [-0.2, -0.15) is 0 Å². The molecule has 0 bridgehead atoms. The predicted molar refractivity (Wildman–Crippen MR) is 114 cm³/mol. The third kappa shape index (κ3) is 3.71. The van der Waals surface area contributed by atoms with Gasteiger partial charge in [0.05, 0.1) is 11.1 Å². The summed E-state index contributed by atoms with van der Waals surface area (Å²) in [6.07, 6.45) is 0. The monoisotopic (exact) mass is 374 g/mol. The molecule has 0 aliphatic carbocycles. The Kier molecular flexibility index (Phi) is 5.01. The zero-order valence-electron chi connectivity index (χ0n) is 16.7. The van der Waals surface area contributed by atoms with Crippen LogP contribution in [-0.4, -0.2) is 53.9 Å². The third-order valence-corrected chi connectivity index (χ3v) is 5.52. The van der Waals surface area contributed by atoms with Crippen molar-refractivity contribution in [1.82, 2.24) is 14.8 Å². The standard InChI is InChI=1S/C23H26N4O/c1-16-8-9-18(14-17(16)2)24-22-15-20(19-6-4-5-7-21(19)25-22)23(28)27-12-10-26(3)11-13-27/h4-9,14-15H,10-13H2,1-3H3,(H,24,25). The fourth-order valence-electron chi connectivity index (χ4n) is 3.56. The summed E-state index contributed by atoms with van der Waals surface area (Å²) in [7, 11) is 2.09. The first kappa shape index (κ1) is 18.4. The minimum atomic E-state index is 0.0786. The van der Waals surface area contributed by atoms with Gasteiger partial charge in [0.2, 0.25) is 0 Å². The largest absolute Gasteiger partial charge is 0.340 e. The molecule has 3 aromatic rings. The Morgan fingerprint density at radius 3 is 2.46 bits per heavy atom. The van der Waals surface area contributed by atoms with Crippen molar-refractivity contribution >= 4 is 28.3 Å². The highest BCUT2D eigenvalue weighted by atomic mass is 16.2. The number of hydrogen-bond donors (Lipinski definition) is 1. The number of pyridine rings is 1. The number of aryl methyl sites for hydroxylation is 2. The Morgan fingerprint density at radius 2 is 1.71 bits per heavy atom. The highest BCUT2D eigenvalue weighted by Gasteiger charge is 2.22. The molecule has 0 radical (unpaired) electrons. The molecule has 28 heavy (non-hydrogen) atoms. The van der Waals surface area contributed by atoms with Crippen molar-refractivity contribution in [2.24, 2.45) is 0 Å². The smallest absolute Gasteiger partial charge is 0.254 e. The SMILES string of the molecule is Cc1ccc(Nc2cc(C(=O)N3CCN(C)CC3)c3ccccc3n2)cc1C. The predicted octanol–water partition coefficient (Wildman–Crippen LogP) is 3.98. The molecule has 1 fully saturated rings. The molecule has 5 heteroatoms. The number of nitrogens with zero attached hydrogens (tertiary/aromatic N) is 3. The molecule has 2 aromatic carbocycles. The molecular weight excluding hydrogens is 348 g/mol. The van der Waals surface area contributed by atoms with Crippen LogP contribution in [0.25, 0.3) is 10.9 Å². The van der Waals surface area contributed by atoms with E-state index in [0.29, 0.717) is 11.4 Å². The molecule has 0 atom stereocenters. The number of benzene rings is 2. The summed E-state index contributed by atoms with van der Waals surface area (Å²) in [5.41, 5.74) is 4.99. The Balaban J connectivity index is 1.70. The van der Waals surface area contributed by atoms with Gasteiger partial charge in [0.1, 0.15) is 5.82 Å². The number of aromatic nitrogens is 1. The second-order valence-corrected chi connectivity index (χ2v) is 7.59. The van der Waals surface area contributed by atoms with Crippen LogP contribution in [0.1, 0.15) is 21.5 Å². The Bertz CT molecular complexity index is 1020. The van der Waals surface area contributed by atoms with Gasteiger partial charge in [0.25, 0.3) is 5.91 Å². The molecule has 2 heterocycles. The van der Waals surface area contributed by atoms with E-state index < -0.39 is 0 Å². The van der Waals surface area contributed by atoms with Crippen LogP contribution in [0, 0.1) is 13.8 Å². The average molecular weight is 374 g/mol. The fourth-order valence-corrected chi connectivity index (χ4v) is 3.56. The maximum Gasteiger partial charge on any atom is 0.254 e. The lowest BCUT2D eigenvalue weighted by molar-refractivity contribution is 0.0666. The van der Waals surface area contributed by atoms with Crippen molar-refractivity contribution in [1.29, 1.82) is 0 Å². The average Bonchev–Trinajstić information content (AvgIpc) is 2.70. The van der Waals surface area contributed by atoms with E-state index in [1.165, 1.54) is 11.1 Å². The molecule has 1 amide bonds. The molecule has 5 nitrogen and oxygen atoms in total. The highest BCUT2D eigenvalue weighted by molar-refractivity contribution is 6.07. The lowest BCUT2D eigenvalue weighted by Gasteiger charge is -2.32. The highest BCUT2D eigenvalue weighted by Crippen LogP contribution is 2.25. The number of piperazine rings is 1. The zero-order chi connectivity index (χ0) is 19.7. The van der Waals surface area contributed by atoms with E-state index in [-0.39, 0.29) is 5.91 Å². The van der Waals surface area contributed by atoms with E-state index in [9.17, 15) is 4.79 Å². The number of carbonyl (C=O) groups is 1. The van der Waals surface area contributed by atoms with Gasteiger partial charge in [-0.15, -0.1) is 0 Å². The van der Waals surface area contributed by atoms with Crippen molar-refractivity contribution in [3.63, 3.8) is 0 Å². The fraction of sp³-hybridized carbons (Fsp3) is 0.304. The van der Waals surface area contributed by atoms with Crippen LogP contribution in [0.4, 0.5) is 11.5 Å². The maximum absolute atomic E-state index is 13.3. The number of likely N-dealkylation sites (N-methyl/N-ethyl adjacent to an activating group) is 1. The summed E-state index contributed by atoms with van der Waals surface area (Å²) in [6.45, 7) is 7.51. The minimum Gasteiger partial charge on any atom is -0.340 e. The van der Waals surface area contributed by atoms with Gasteiger partial charge in [-0.25, -0.2) is 4.98 Å². The number of carbonyl (C=O) groups excluding carboxylic acids is 1. The molecule has 1 N–H and O–H groups in total. The van der Waals surface area contributed by atoms with E-state index >= 15 is 0 Å². The number of hydrogen-bond acceptors (Lipinski definition) is 4. The van der Waals surface area contributed by atoms with E-state index in [1.807, 2.05) is 41.3 Å². The van der Waals surface area contributed by atoms with Crippen LogP contribution in [0.2, 0.25) is 0 Å². The molecular formula is C23H26N4O. The molecule has 1 saturated heterocycles. The molecule has 0 spiro atoms. The number of amides is 1. The summed E-state index contributed by atoms with van der Waals surface area (Å²) >= 11 is 0. The number of fused-ring (bicyclic) bond motifs is 1. The van der Waals surface area contributed by atoms with E-state index in [1.54, 1.807) is 0 Å². The summed E-state index contributed by atoms with van der Waals surface area (Å²) in [5.74, 6) is 0.772. The Hall–Kier alpha value is -2.92.